The number of rotatable bonds is 2. The zero-order chi connectivity index (χ0) is 16.1. The van der Waals surface area contributed by atoms with Crippen LogP contribution < -0.4 is 0 Å². The van der Waals surface area contributed by atoms with E-state index in [2.05, 4.69) is 23.0 Å². The molecule has 0 radical (unpaired) electrons. The number of pyridine rings is 2. The highest BCUT2D eigenvalue weighted by Gasteiger charge is 2.45. The lowest BCUT2D eigenvalue weighted by Crippen LogP contribution is -2.07. The van der Waals surface area contributed by atoms with Crippen molar-refractivity contribution in [1.29, 1.82) is 0 Å². The summed E-state index contributed by atoms with van der Waals surface area (Å²) in [7, 11) is 0. The Labute approximate surface area is 140 Å². The smallest absolute Gasteiger partial charge is 0.117 e. The van der Waals surface area contributed by atoms with E-state index in [1.165, 1.54) is 12.0 Å². The monoisotopic (exact) mass is 312 g/mol. The summed E-state index contributed by atoms with van der Waals surface area (Å²) in [4.78, 5) is 18.9. The number of hydrogen-bond acceptors (Lipinski definition) is 4. The lowest BCUT2D eigenvalue weighted by molar-refractivity contribution is 0.874. The SMILES string of the molecule is CC1=Cc2nc(-c3ccccn3)c(-c3ccccn3)nc2C2CC12. The van der Waals surface area contributed by atoms with Crippen LogP contribution in [-0.4, -0.2) is 19.9 Å². The van der Waals surface area contributed by atoms with Gasteiger partial charge in [0.15, 0.2) is 0 Å². The molecule has 0 saturated heterocycles. The topological polar surface area (TPSA) is 51.6 Å². The van der Waals surface area contributed by atoms with Gasteiger partial charge in [-0.15, -0.1) is 0 Å². The first kappa shape index (κ1) is 13.5. The predicted molar refractivity (Wildman–Crippen MR) is 93.0 cm³/mol. The van der Waals surface area contributed by atoms with E-state index < -0.39 is 0 Å². The van der Waals surface area contributed by atoms with Crippen LogP contribution in [0.4, 0.5) is 0 Å². The van der Waals surface area contributed by atoms with Crippen LogP contribution in [0.15, 0.2) is 54.4 Å². The molecule has 4 nitrogen and oxygen atoms in total. The summed E-state index contributed by atoms with van der Waals surface area (Å²) in [5, 5.41) is 0. The van der Waals surface area contributed by atoms with E-state index in [0.717, 1.165) is 34.2 Å². The van der Waals surface area contributed by atoms with Crippen LogP contribution in [0, 0.1) is 5.92 Å². The molecule has 0 aliphatic heterocycles. The molecule has 2 atom stereocenters. The Morgan fingerprint density at radius 1 is 0.833 bits per heavy atom. The van der Waals surface area contributed by atoms with Crippen molar-refractivity contribution in [3.8, 4) is 22.8 Å². The third-order valence-electron chi connectivity index (χ3n) is 4.86. The zero-order valence-electron chi connectivity index (χ0n) is 13.3. The van der Waals surface area contributed by atoms with Crippen molar-refractivity contribution >= 4 is 6.08 Å². The summed E-state index contributed by atoms with van der Waals surface area (Å²) in [5.41, 5.74) is 6.83. The predicted octanol–water partition coefficient (Wildman–Crippen LogP) is 4.12. The lowest BCUT2D eigenvalue weighted by Gasteiger charge is -2.16. The molecular weight excluding hydrogens is 296 g/mol. The van der Waals surface area contributed by atoms with Crippen LogP contribution in [0.5, 0.6) is 0 Å². The fourth-order valence-corrected chi connectivity index (χ4v) is 3.53. The Hall–Kier alpha value is -2.88. The normalized spacial score (nSPS) is 20.8. The molecule has 0 bridgehead atoms. The van der Waals surface area contributed by atoms with E-state index in [9.17, 15) is 0 Å². The van der Waals surface area contributed by atoms with Crippen LogP contribution in [0.3, 0.4) is 0 Å². The molecule has 0 spiro atoms. The molecule has 2 aliphatic rings. The summed E-state index contributed by atoms with van der Waals surface area (Å²) in [6.07, 6.45) is 6.96. The maximum Gasteiger partial charge on any atom is 0.117 e. The number of aromatic nitrogens is 4. The van der Waals surface area contributed by atoms with Crippen LogP contribution in [0.25, 0.3) is 28.9 Å². The highest BCUT2D eigenvalue weighted by Crippen LogP contribution is 2.55. The molecule has 1 fully saturated rings. The molecule has 5 rings (SSSR count). The van der Waals surface area contributed by atoms with Crippen LogP contribution in [-0.2, 0) is 0 Å². The van der Waals surface area contributed by atoms with Crippen molar-refractivity contribution in [2.45, 2.75) is 19.3 Å². The maximum absolute atomic E-state index is 5.01. The van der Waals surface area contributed by atoms with Crippen LogP contribution >= 0.6 is 0 Å². The lowest BCUT2D eigenvalue weighted by atomic mass is 9.99. The number of fused-ring (bicyclic) bond motifs is 3. The molecule has 3 heterocycles. The van der Waals surface area contributed by atoms with Crippen LogP contribution in [0.1, 0.15) is 30.7 Å². The summed E-state index contributed by atoms with van der Waals surface area (Å²) in [5.74, 6) is 1.18. The van der Waals surface area contributed by atoms with Gasteiger partial charge in [0.05, 0.1) is 22.8 Å². The molecular formula is C20H16N4. The molecule has 3 aromatic rings. The summed E-state index contributed by atoms with van der Waals surface area (Å²) in [6, 6.07) is 11.7. The summed E-state index contributed by atoms with van der Waals surface area (Å²) >= 11 is 0. The van der Waals surface area contributed by atoms with Gasteiger partial charge in [0.25, 0.3) is 0 Å². The van der Waals surface area contributed by atoms with Gasteiger partial charge in [0.2, 0.25) is 0 Å². The molecule has 3 aromatic heterocycles. The second kappa shape index (κ2) is 5.06. The van der Waals surface area contributed by atoms with Crippen molar-refractivity contribution in [3.63, 3.8) is 0 Å². The highest BCUT2D eigenvalue weighted by molar-refractivity contribution is 5.76. The molecule has 24 heavy (non-hydrogen) atoms. The van der Waals surface area contributed by atoms with Crippen molar-refractivity contribution in [1.82, 2.24) is 19.9 Å². The minimum Gasteiger partial charge on any atom is -0.255 e. The fourth-order valence-electron chi connectivity index (χ4n) is 3.53. The van der Waals surface area contributed by atoms with Gasteiger partial charge in [-0.25, -0.2) is 9.97 Å². The summed E-state index contributed by atoms with van der Waals surface area (Å²) < 4.78 is 0. The average molecular weight is 312 g/mol. The van der Waals surface area contributed by atoms with Gasteiger partial charge in [-0.3, -0.25) is 9.97 Å². The molecule has 116 valence electrons. The zero-order valence-corrected chi connectivity index (χ0v) is 13.3. The Kier molecular flexibility index (Phi) is 2.86. The highest BCUT2D eigenvalue weighted by atomic mass is 14.9. The molecule has 0 aromatic carbocycles. The Morgan fingerprint density at radius 2 is 1.50 bits per heavy atom. The van der Waals surface area contributed by atoms with E-state index in [0.29, 0.717) is 11.8 Å². The molecule has 2 aliphatic carbocycles. The quantitative estimate of drug-likeness (QED) is 0.714. The summed E-state index contributed by atoms with van der Waals surface area (Å²) in [6.45, 7) is 2.20. The molecule has 4 heteroatoms. The van der Waals surface area contributed by atoms with E-state index in [4.69, 9.17) is 9.97 Å². The first-order valence-electron chi connectivity index (χ1n) is 8.24. The van der Waals surface area contributed by atoms with E-state index in [-0.39, 0.29) is 0 Å². The fraction of sp³-hybridized carbons (Fsp3) is 0.200. The Morgan fingerprint density at radius 3 is 2.12 bits per heavy atom. The van der Waals surface area contributed by atoms with E-state index >= 15 is 0 Å². The maximum atomic E-state index is 5.01. The second-order valence-electron chi connectivity index (χ2n) is 6.46. The minimum atomic E-state index is 0.526. The molecule has 1 saturated carbocycles. The first-order valence-corrected chi connectivity index (χ1v) is 8.24. The third kappa shape index (κ3) is 2.07. The number of hydrogen-bond donors (Lipinski definition) is 0. The van der Waals surface area contributed by atoms with Gasteiger partial charge in [-0.1, -0.05) is 17.7 Å². The van der Waals surface area contributed by atoms with Crippen molar-refractivity contribution in [2.24, 2.45) is 5.92 Å². The van der Waals surface area contributed by atoms with Crippen molar-refractivity contribution < 1.29 is 0 Å². The number of nitrogens with zero attached hydrogens (tertiary/aromatic N) is 4. The van der Waals surface area contributed by atoms with E-state index in [1.807, 2.05) is 36.4 Å². The van der Waals surface area contributed by atoms with Gasteiger partial charge in [-0.2, -0.15) is 0 Å². The third-order valence-corrected chi connectivity index (χ3v) is 4.86. The van der Waals surface area contributed by atoms with Crippen molar-refractivity contribution in [3.05, 3.63) is 65.8 Å². The Bertz CT molecular complexity index is 948. The Balaban J connectivity index is 1.78. The van der Waals surface area contributed by atoms with Gasteiger partial charge in [0, 0.05) is 18.3 Å². The second-order valence-corrected chi connectivity index (χ2v) is 6.46. The molecule has 0 amide bonds. The van der Waals surface area contributed by atoms with Gasteiger partial charge < -0.3 is 0 Å². The minimum absolute atomic E-state index is 0.526. The van der Waals surface area contributed by atoms with Gasteiger partial charge in [0.1, 0.15) is 11.4 Å². The standard InChI is InChI=1S/C20H16N4/c1-12-10-17-18(14-11-13(12)14)24-20(16-7-3-5-9-22-16)19(23-17)15-6-2-4-8-21-15/h2-10,13-14H,11H2,1H3. The molecule has 0 N–H and O–H groups in total. The number of allylic oxidation sites excluding steroid dienone is 1. The van der Waals surface area contributed by atoms with Gasteiger partial charge >= 0.3 is 0 Å². The average Bonchev–Trinajstić information content (AvgIpc) is 3.44. The first-order chi connectivity index (χ1) is 11.8. The van der Waals surface area contributed by atoms with Crippen molar-refractivity contribution in [2.75, 3.05) is 0 Å². The van der Waals surface area contributed by atoms with Gasteiger partial charge in [-0.05, 0) is 49.6 Å². The molecule has 2 unspecified atom stereocenters. The van der Waals surface area contributed by atoms with Crippen LogP contribution in [0.2, 0.25) is 0 Å². The largest absolute Gasteiger partial charge is 0.255 e. The van der Waals surface area contributed by atoms with E-state index in [1.54, 1.807) is 12.4 Å².